The Hall–Kier alpha value is -1.01. The zero-order valence-corrected chi connectivity index (χ0v) is 8.65. The van der Waals surface area contributed by atoms with Crippen LogP contribution in [-0.2, 0) is 6.54 Å². The summed E-state index contributed by atoms with van der Waals surface area (Å²) in [5.41, 5.74) is 0. The molecule has 0 spiro atoms. The highest BCUT2D eigenvalue weighted by atomic mass is 32.1. The van der Waals surface area contributed by atoms with E-state index in [-0.39, 0.29) is 0 Å². The van der Waals surface area contributed by atoms with Gasteiger partial charge in [-0.25, -0.2) is 4.68 Å². The van der Waals surface area contributed by atoms with Gasteiger partial charge in [-0.2, -0.15) is 5.21 Å². The molecule has 1 N–H and O–H groups in total. The quantitative estimate of drug-likeness (QED) is 0.771. The van der Waals surface area contributed by atoms with Gasteiger partial charge in [-0.15, -0.1) is 11.3 Å². The average Bonchev–Trinajstić information content (AvgIpc) is 2.64. The number of hydrogen-bond donors (Lipinski definition) is 1. The van der Waals surface area contributed by atoms with Crippen LogP contribution in [0.3, 0.4) is 0 Å². The van der Waals surface area contributed by atoms with Crippen LogP contribution in [0, 0.1) is 11.7 Å². The van der Waals surface area contributed by atoms with Gasteiger partial charge >= 0.3 is 0 Å². The van der Waals surface area contributed by atoms with E-state index in [0.29, 0.717) is 4.77 Å². The monoisotopic (exact) mass is 212 g/mol. The first kappa shape index (κ1) is 8.58. The number of rotatable bonds is 2. The summed E-state index contributed by atoms with van der Waals surface area (Å²) in [6, 6.07) is 4.18. The third-order valence-corrected chi connectivity index (χ3v) is 2.93. The van der Waals surface area contributed by atoms with Gasteiger partial charge in [-0.1, -0.05) is 10.3 Å². The van der Waals surface area contributed by atoms with Crippen molar-refractivity contribution in [3.8, 4) is 0 Å². The van der Waals surface area contributed by atoms with Crippen molar-refractivity contribution in [2.24, 2.45) is 0 Å². The fraction of sp³-hybridized carbons (Fsp3) is 0.286. The van der Waals surface area contributed by atoms with E-state index in [4.69, 9.17) is 12.2 Å². The normalized spacial score (nSPS) is 10.5. The lowest BCUT2D eigenvalue weighted by atomic mass is 10.4. The van der Waals surface area contributed by atoms with E-state index in [1.165, 1.54) is 9.75 Å². The molecule has 0 atom stereocenters. The first-order valence-corrected chi connectivity index (χ1v) is 5.01. The molecular formula is C7H8N4S2. The van der Waals surface area contributed by atoms with Crippen LogP contribution in [-0.4, -0.2) is 20.2 Å². The molecule has 0 unspecified atom stereocenters. The molecule has 68 valence electrons. The van der Waals surface area contributed by atoms with Gasteiger partial charge in [0.05, 0.1) is 6.54 Å². The van der Waals surface area contributed by atoms with Gasteiger partial charge in [-0.3, -0.25) is 0 Å². The second kappa shape index (κ2) is 3.39. The SMILES string of the molecule is Cc1ccc(Cn2[nH]nnc2=S)s1. The topological polar surface area (TPSA) is 46.5 Å². The van der Waals surface area contributed by atoms with Crippen molar-refractivity contribution in [3.05, 3.63) is 26.7 Å². The molecule has 0 aliphatic rings. The molecule has 4 nitrogen and oxygen atoms in total. The van der Waals surface area contributed by atoms with Crippen molar-refractivity contribution in [2.75, 3.05) is 0 Å². The predicted molar refractivity (Wildman–Crippen MR) is 53.4 cm³/mol. The highest BCUT2D eigenvalue weighted by Crippen LogP contribution is 2.15. The molecule has 0 fully saturated rings. The van der Waals surface area contributed by atoms with E-state index in [0.717, 1.165) is 6.54 Å². The van der Waals surface area contributed by atoms with E-state index >= 15 is 0 Å². The summed E-state index contributed by atoms with van der Waals surface area (Å²) < 4.78 is 2.23. The zero-order valence-electron chi connectivity index (χ0n) is 7.02. The van der Waals surface area contributed by atoms with Crippen LogP contribution >= 0.6 is 23.6 Å². The van der Waals surface area contributed by atoms with Crippen LogP contribution in [0.1, 0.15) is 9.75 Å². The van der Waals surface area contributed by atoms with E-state index in [1.54, 1.807) is 16.0 Å². The largest absolute Gasteiger partial charge is 0.238 e. The highest BCUT2D eigenvalue weighted by molar-refractivity contribution is 7.71. The van der Waals surface area contributed by atoms with Crippen LogP contribution in [0.4, 0.5) is 0 Å². The molecule has 0 amide bonds. The molecule has 0 aromatic carbocycles. The lowest BCUT2D eigenvalue weighted by Crippen LogP contribution is -1.99. The minimum atomic E-state index is 0.492. The van der Waals surface area contributed by atoms with Gasteiger partial charge in [-0.05, 0) is 31.3 Å². The average molecular weight is 212 g/mol. The standard InChI is InChI=1S/C7H8N4S2/c1-5-2-3-6(13-5)4-11-7(12)8-9-10-11/h2-3H,4H2,1H3,(H,8,10,12). The molecular weight excluding hydrogens is 204 g/mol. The molecule has 13 heavy (non-hydrogen) atoms. The molecule has 6 heteroatoms. The molecule has 0 aliphatic carbocycles. The molecule has 2 aromatic rings. The Morgan fingerprint density at radius 1 is 1.62 bits per heavy atom. The first-order valence-electron chi connectivity index (χ1n) is 3.79. The Morgan fingerprint density at radius 3 is 3.00 bits per heavy atom. The number of thiophene rings is 1. The minimum absolute atomic E-state index is 0.492. The van der Waals surface area contributed by atoms with Crippen molar-refractivity contribution in [3.63, 3.8) is 0 Å². The number of nitrogens with zero attached hydrogens (tertiary/aromatic N) is 3. The van der Waals surface area contributed by atoms with Gasteiger partial charge in [0.25, 0.3) is 0 Å². The van der Waals surface area contributed by atoms with Crippen molar-refractivity contribution in [1.29, 1.82) is 0 Å². The summed E-state index contributed by atoms with van der Waals surface area (Å²) in [5, 5.41) is 10.0. The number of tetrazole rings is 1. The number of aromatic amines is 1. The van der Waals surface area contributed by atoms with Gasteiger partial charge in [0.1, 0.15) is 0 Å². The van der Waals surface area contributed by atoms with Gasteiger partial charge < -0.3 is 0 Å². The number of hydrogen-bond acceptors (Lipinski definition) is 4. The Labute approximate surface area is 84.2 Å². The number of nitrogens with one attached hydrogen (secondary N) is 1. The molecule has 2 aromatic heterocycles. The number of H-pyrrole nitrogens is 1. The Morgan fingerprint density at radius 2 is 2.46 bits per heavy atom. The van der Waals surface area contributed by atoms with E-state index < -0.39 is 0 Å². The minimum Gasteiger partial charge on any atom is -0.237 e. The molecule has 0 radical (unpaired) electrons. The summed E-state index contributed by atoms with van der Waals surface area (Å²) in [5.74, 6) is 0. The van der Waals surface area contributed by atoms with Gasteiger partial charge in [0, 0.05) is 9.75 Å². The molecule has 0 saturated heterocycles. The summed E-state index contributed by atoms with van der Waals surface area (Å²) in [6.45, 7) is 2.81. The molecule has 0 bridgehead atoms. The Balaban J connectivity index is 2.24. The van der Waals surface area contributed by atoms with Gasteiger partial charge in [0.15, 0.2) is 0 Å². The summed E-state index contributed by atoms with van der Waals surface area (Å²) in [4.78, 5) is 2.55. The van der Waals surface area contributed by atoms with Crippen LogP contribution in [0.25, 0.3) is 0 Å². The van der Waals surface area contributed by atoms with Crippen LogP contribution in [0.2, 0.25) is 0 Å². The zero-order chi connectivity index (χ0) is 9.26. The van der Waals surface area contributed by atoms with Crippen molar-refractivity contribution < 1.29 is 0 Å². The van der Waals surface area contributed by atoms with Crippen molar-refractivity contribution in [1.82, 2.24) is 20.2 Å². The lowest BCUT2D eigenvalue weighted by Gasteiger charge is -1.95. The maximum Gasteiger partial charge on any atom is 0.238 e. The highest BCUT2D eigenvalue weighted by Gasteiger charge is 1.99. The fourth-order valence-electron chi connectivity index (χ4n) is 1.04. The first-order chi connectivity index (χ1) is 6.25. The maximum atomic E-state index is 4.95. The Kier molecular flexibility index (Phi) is 2.24. The summed E-state index contributed by atoms with van der Waals surface area (Å²) >= 11 is 6.71. The van der Waals surface area contributed by atoms with E-state index in [1.807, 2.05) is 0 Å². The van der Waals surface area contributed by atoms with Crippen LogP contribution < -0.4 is 0 Å². The number of aromatic nitrogens is 4. The Bertz CT molecular complexity index is 453. The molecule has 2 heterocycles. The second-order valence-corrected chi connectivity index (χ2v) is 4.42. The fourth-order valence-corrected chi connectivity index (χ4v) is 2.07. The molecule has 0 saturated carbocycles. The van der Waals surface area contributed by atoms with Crippen molar-refractivity contribution >= 4 is 23.6 Å². The van der Waals surface area contributed by atoms with E-state index in [9.17, 15) is 0 Å². The third-order valence-electron chi connectivity index (χ3n) is 1.64. The smallest absolute Gasteiger partial charge is 0.237 e. The van der Waals surface area contributed by atoms with E-state index in [2.05, 4.69) is 34.6 Å². The molecule has 0 aliphatic heterocycles. The summed E-state index contributed by atoms with van der Waals surface area (Å²) in [6.07, 6.45) is 0. The van der Waals surface area contributed by atoms with Crippen molar-refractivity contribution in [2.45, 2.75) is 13.5 Å². The molecule has 2 rings (SSSR count). The third kappa shape index (κ3) is 1.84. The summed E-state index contributed by atoms with van der Waals surface area (Å²) in [7, 11) is 0. The second-order valence-electron chi connectivity index (χ2n) is 2.68. The maximum absolute atomic E-state index is 4.95. The van der Waals surface area contributed by atoms with Crippen LogP contribution in [0.5, 0.6) is 0 Å². The van der Waals surface area contributed by atoms with Crippen LogP contribution in [0.15, 0.2) is 12.1 Å². The lowest BCUT2D eigenvalue weighted by molar-refractivity contribution is 0.648. The number of aryl methyl sites for hydroxylation is 1. The van der Waals surface area contributed by atoms with Gasteiger partial charge in [0.2, 0.25) is 4.77 Å². The predicted octanol–water partition coefficient (Wildman–Crippen LogP) is 1.75.